The molecule has 3 heterocycles. The molecule has 90 valence electrons. The molecule has 3 rings (SSSR count). The lowest BCUT2D eigenvalue weighted by atomic mass is 10.3. The molecular formula is C12H10N4OS. The van der Waals surface area contributed by atoms with E-state index in [0.29, 0.717) is 0 Å². The Hall–Kier alpha value is -2.08. The van der Waals surface area contributed by atoms with Crippen molar-refractivity contribution < 1.29 is 4.42 Å². The number of hydrogen-bond acceptors (Lipinski definition) is 5. The molecule has 0 aliphatic rings. The van der Waals surface area contributed by atoms with Crippen LogP contribution in [-0.2, 0) is 0 Å². The highest BCUT2D eigenvalue weighted by molar-refractivity contribution is 7.99. The Bertz CT molecular complexity index is 675. The molecule has 0 atom stereocenters. The van der Waals surface area contributed by atoms with Gasteiger partial charge < -0.3 is 4.42 Å². The van der Waals surface area contributed by atoms with E-state index in [4.69, 9.17) is 4.42 Å². The van der Waals surface area contributed by atoms with Gasteiger partial charge in [-0.3, -0.25) is 0 Å². The first-order valence-corrected chi connectivity index (χ1v) is 6.37. The van der Waals surface area contributed by atoms with E-state index in [-0.39, 0.29) is 0 Å². The first-order valence-electron chi connectivity index (χ1n) is 5.38. The van der Waals surface area contributed by atoms with Gasteiger partial charge in [-0.05, 0) is 24.3 Å². The Morgan fingerprint density at radius 3 is 3.06 bits per heavy atom. The minimum Gasteiger partial charge on any atom is -0.463 e. The lowest BCUT2D eigenvalue weighted by molar-refractivity contribution is 0.577. The van der Waals surface area contributed by atoms with Crippen molar-refractivity contribution in [2.45, 2.75) is 5.16 Å². The highest BCUT2D eigenvalue weighted by Gasteiger charge is 2.09. The normalized spacial score (nSPS) is 10.9. The highest BCUT2D eigenvalue weighted by Crippen LogP contribution is 2.20. The molecule has 0 aliphatic carbocycles. The second kappa shape index (κ2) is 4.66. The molecule has 0 aromatic carbocycles. The van der Waals surface area contributed by atoms with Crippen molar-refractivity contribution in [1.82, 2.24) is 19.8 Å². The van der Waals surface area contributed by atoms with E-state index in [1.165, 1.54) is 0 Å². The Morgan fingerprint density at radius 2 is 2.28 bits per heavy atom. The predicted molar refractivity (Wildman–Crippen MR) is 69.4 cm³/mol. The fourth-order valence-corrected chi connectivity index (χ4v) is 2.17. The molecule has 0 radical (unpaired) electrons. The summed E-state index contributed by atoms with van der Waals surface area (Å²) in [4.78, 5) is 0. The minimum atomic E-state index is 0.719. The molecule has 3 aromatic heterocycles. The summed E-state index contributed by atoms with van der Waals surface area (Å²) in [6.45, 7) is 3.68. The number of nitrogens with zero attached hydrogens (tertiary/aromatic N) is 4. The summed E-state index contributed by atoms with van der Waals surface area (Å²) in [6, 6.07) is 7.44. The zero-order valence-corrected chi connectivity index (χ0v) is 10.3. The summed E-state index contributed by atoms with van der Waals surface area (Å²) < 4.78 is 7.04. The van der Waals surface area contributed by atoms with Crippen molar-refractivity contribution in [3.63, 3.8) is 0 Å². The third kappa shape index (κ3) is 1.91. The van der Waals surface area contributed by atoms with E-state index in [9.17, 15) is 0 Å². The van der Waals surface area contributed by atoms with Gasteiger partial charge >= 0.3 is 0 Å². The predicted octanol–water partition coefficient (Wildman–Crippen LogP) is 2.66. The average molecular weight is 258 g/mol. The lowest BCUT2D eigenvalue weighted by Crippen LogP contribution is -1.95. The van der Waals surface area contributed by atoms with E-state index in [0.717, 1.165) is 28.0 Å². The van der Waals surface area contributed by atoms with Crippen LogP contribution in [0.1, 0.15) is 0 Å². The summed E-state index contributed by atoms with van der Waals surface area (Å²) in [5, 5.41) is 13.4. The van der Waals surface area contributed by atoms with Gasteiger partial charge in [0.15, 0.2) is 11.4 Å². The standard InChI is InChI=1S/C12H10N4OS/c1-2-8-18-12-14-13-11-6-5-9(15-16(11)12)10-4-3-7-17-10/h2-7H,1,8H2. The third-order valence-corrected chi connectivity index (χ3v) is 3.25. The second-order valence-electron chi connectivity index (χ2n) is 3.55. The van der Waals surface area contributed by atoms with Crippen molar-refractivity contribution >= 4 is 17.4 Å². The SMILES string of the molecule is C=CCSc1nnc2ccc(-c3ccco3)nn12. The fourth-order valence-electron chi connectivity index (χ4n) is 1.55. The number of thioether (sulfide) groups is 1. The lowest BCUT2D eigenvalue weighted by Gasteiger charge is -1.99. The van der Waals surface area contributed by atoms with Crippen LogP contribution in [0.4, 0.5) is 0 Å². The van der Waals surface area contributed by atoms with Gasteiger partial charge in [-0.1, -0.05) is 17.8 Å². The summed E-state index contributed by atoms with van der Waals surface area (Å²) >= 11 is 1.54. The highest BCUT2D eigenvalue weighted by atomic mass is 32.2. The number of rotatable bonds is 4. The van der Waals surface area contributed by atoms with Crippen LogP contribution in [0.2, 0.25) is 0 Å². The van der Waals surface area contributed by atoms with Crippen molar-refractivity contribution in [3.05, 3.63) is 43.2 Å². The summed E-state index contributed by atoms with van der Waals surface area (Å²) in [5.41, 5.74) is 1.48. The number of hydrogen-bond donors (Lipinski definition) is 0. The van der Waals surface area contributed by atoms with Crippen molar-refractivity contribution in [1.29, 1.82) is 0 Å². The van der Waals surface area contributed by atoms with Gasteiger partial charge in [-0.25, -0.2) is 0 Å². The minimum absolute atomic E-state index is 0.719. The molecule has 0 fully saturated rings. The van der Waals surface area contributed by atoms with E-state index in [1.54, 1.807) is 22.5 Å². The maximum absolute atomic E-state index is 5.33. The van der Waals surface area contributed by atoms with E-state index < -0.39 is 0 Å². The number of furan rings is 1. The molecule has 18 heavy (non-hydrogen) atoms. The molecule has 0 saturated carbocycles. The maximum Gasteiger partial charge on any atom is 0.212 e. The maximum atomic E-state index is 5.33. The molecule has 3 aromatic rings. The smallest absolute Gasteiger partial charge is 0.212 e. The molecule has 0 spiro atoms. The number of aromatic nitrogens is 4. The first kappa shape index (κ1) is 11.0. The largest absolute Gasteiger partial charge is 0.463 e. The topological polar surface area (TPSA) is 56.2 Å². The van der Waals surface area contributed by atoms with E-state index in [1.807, 2.05) is 30.3 Å². The fraction of sp³-hybridized carbons (Fsp3) is 0.0833. The van der Waals surface area contributed by atoms with Crippen LogP contribution in [0, 0.1) is 0 Å². The molecule has 0 bridgehead atoms. The van der Waals surface area contributed by atoms with Crippen LogP contribution in [0.15, 0.2) is 52.8 Å². The monoisotopic (exact) mass is 258 g/mol. The zero-order valence-electron chi connectivity index (χ0n) is 9.48. The van der Waals surface area contributed by atoms with Crippen molar-refractivity contribution in [2.75, 3.05) is 5.75 Å². The molecular weight excluding hydrogens is 248 g/mol. The Kier molecular flexibility index (Phi) is 2.85. The molecule has 0 aliphatic heterocycles. The van der Waals surface area contributed by atoms with Gasteiger partial charge in [-0.2, -0.15) is 9.61 Å². The molecule has 5 nitrogen and oxygen atoms in total. The van der Waals surface area contributed by atoms with Gasteiger partial charge in [0.1, 0.15) is 5.69 Å². The van der Waals surface area contributed by atoms with Crippen LogP contribution >= 0.6 is 11.8 Å². The number of fused-ring (bicyclic) bond motifs is 1. The Morgan fingerprint density at radius 1 is 1.33 bits per heavy atom. The average Bonchev–Trinajstić information content (AvgIpc) is 3.05. The molecule has 0 amide bonds. The van der Waals surface area contributed by atoms with Gasteiger partial charge in [-0.15, -0.1) is 16.8 Å². The van der Waals surface area contributed by atoms with E-state index >= 15 is 0 Å². The van der Waals surface area contributed by atoms with Crippen LogP contribution < -0.4 is 0 Å². The van der Waals surface area contributed by atoms with Crippen molar-refractivity contribution in [2.24, 2.45) is 0 Å². The van der Waals surface area contributed by atoms with Crippen LogP contribution in [0.3, 0.4) is 0 Å². The zero-order chi connectivity index (χ0) is 12.4. The van der Waals surface area contributed by atoms with Gasteiger partial charge in [0.25, 0.3) is 0 Å². The third-order valence-electron chi connectivity index (χ3n) is 2.34. The quantitative estimate of drug-likeness (QED) is 0.532. The van der Waals surface area contributed by atoms with Crippen molar-refractivity contribution in [3.8, 4) is 11.5 Å². The van der Waals surface area contributed by atoms with Crippen LogP contribution in [0.5, 0.6) is 0 Å². The summed E-state index contributed by atoms with van der Waals surface area (Å²) in [5.74, 6) is 1.50. The molecule has 0 unspecified atom stereocenters. The molecule has 0 N–H and O–H groups in total. The van der Waals surface area contributed by atoms with Gasteiger partial charge in [0.05, 0.1) is 6.26 Å². The molecule has 0 saturated heterocycles. The first-order chi connectivity index (χ1) is 8.88. The second-order valence-corrected chi connectivity index (χ2v) is 4.54. The molecule has 6 heteroatoms. The van der Waals surface area contributed by atoms with E-state index in [2.05, 4.69) is 21.9 Å². The van der Waals surface area contributed by atoms with Gasteiger partial charge in [0.2, 0.25) is 5.16 Å². The Labute approximate surface area is 108 Å². The van der Waals surface area contributed by atoms with Gasteiger partial charge in [0, 0.05) is 5.75 Å². The Balaban J connectivity index is 2.06. The summed E-state index contributed by atoms with van der Waals surface area (Å²) in [6.07, 6.45) is 3.45. The van der Waals surface area contributed by atoms with Crippen LogP contribution in [-0.4, -0.2) is 25.6 Å². The summed E-state index contributed by atoms with van der Waals surface area (Å²) in [7, 11) is 0. The van der Waals surface area contributed by atoms with Crippen LogP contribution in [0.25, 0.3) is 17.1 Å².